The summed E-state index contributed by atoms with van der Waals surface area (Å²) in [5, 5.41) is 3.67. The molecular weight excluding hydrogens is 257 g/mol. The van der Waals surface area contributed by atoms with Crippen LogP contribution < -0.4 is 10.1 Å². The van der Waals surface area contributed by atoms with Gasteiger partial charge in [0.2, 0.25) is 0 Å². The highest BCUT2D eigenvalue weighted by Crippen LogP contribution is 2.26. The van der Waals surface area contributed by atoms with Crippen LogP contribution in [-0.2, 0) is 0 Å². The van der Waals surface area contributed by atoms with Gasteiger partial charge in [0.1, 0.15) is 12.4 Å². The van der Waals surface area contributed by atoms with Gasteiger partial charge in [0.25, 0.3) is 0 Å². The van der Waals surface area contributed by atoms with Crippen molar-refractivity contribution < 1.29 is 4.74 Å². The van der Waals surface area contributed by atoms with E-state index in [4.69, 9.17) is 27.9 Å². The van der Waals surface area contributed by atoms with Gasteiger partial charge < -0.3 is 10.1 Å². The Kier molecular flexibility index (Phi) is 5.83. The zero-order valence-electron chi connectivity index (χ0n) is 10.3. The van der Waals surface area contributed by atoms with Crippen molar-refractivity contribution in [2.75, 3.05) is 13.7 Å². The molecule has 0 aliphatic rings. The smallest absolute Gasteiger partial charge is 0.125 e. The van der Waals surface area contributed by atoms with E-state index in [0.717, 1.165) is 16.9 Å². The van der Waals surface area contributed by atoms with Crippen LogP contribution in [0.5, 0.6) is 5.75 Å². The summed E-state index contributed by atoms with van der Waals surface area (Å²) in [6, 6.07) is 6.35. The lowest BCUT2D eigenvalue weighted by Crippen LogP contribution is -2.14. The third-order valence-electron chi connectivity index (χ3n) is 2.55. The van der Waals surface area contributed by atoms with Crippen molar-refractivity contribution in [2.45, 2.75) is 19.9 Å². The van der Waals surface area contributed by atoms with Gasteiger partial charge in [0.05, 0.1) is 5.03 Å². The van der Waals surface area contributed by atoms with Crippen molar-refractivity contribution >= 4 is 23.2 Å². The van der Waals surface area contributed by atoms with Gasteiger partial charge in [0, 0.05) is 17.1 Å². The largest absolute Gasteiger partial charge is 0.488 e. The van der Waals surface area contributed by atoms with Gasteiger partial charge in [0.15, 0.2) is 0 Å². The molecule has 0 saturated carbocycles. The van der Waals surface area contributed by atoms with Crippen LogP contribution in [0.1, 0.15) is 24.1 Å². The molecule has 0 aliphatic carbocycles. The predicted molar refractivity (Wildman–Crippen MR) is 73.9 cm³/mol. The fourth-order valence-electron chi connectivity index (χ4n) is 1.46. The second-order valence-corrected chi connectivity index (χ2v) is 4.60. The average molecular weight is 274 g/mol. The predicted octanol–water partition coefficient (Wildman–Crippen LogP) is 3.97. The summed E-state index contributed by atoms with van der Waals surface area (Å²) in [7, 11) is 1.92. The molecule has 0 heterocycles. The summed E-state index contributed by atoms with van der Waals surface area (Å²) in [6.07, 6.45) is 0. The van der Waals surface area contributed by atoms with Gasteiger partial charge in [-0.2, -0.15) is 0 Å². The Morgan fingerprint density at radius 1 is 1.53 bits per heavy atom. The highest BCUT2D eigenvalue weighted by atomic mass is 35.5. The summed E-state index contributed by atoms with van der Waals surface area (Å²) in [5.74, 6) is 0.837. The molecule has 0 aromatic heterocycles. The Labute approximate surface area is 113 Å². The third kappa shape index (κ3) is 4.23. The van der Waals surface area contributed by atoms with Crippen molar-refractivity contribution in [2.24, 2.45) is 0 Å². The van der Waals surface area contributed by atoms with E-state index in [1.165, 1.54) is 5.54 Å². The Bertz CT molecular complexity index is 404. The summed E-state index contributed by atoms with van der Waals surface area (Å²) in [4.78, 5) is 0. The van der Waals surface area contributed by atoms with E-state index < -0.39 is 0 Å². The molecule has 94 valence electrons. The lowest BCUT2D eigenvalue weighted by atomic mass is 10.1. The Balaban J connectivity index is 2.91. The minimum absolute atomic E-state index is 0.226. The molecule has 0 amide bonds. The standard InChI is InChI=1S/C13H17Cl2NO/c1-9-4-5-12(10(2)16-3)13(6-9)17-8-11(15)7-14/h4-7,10,16H,8H2,1-3H3. The van der Waals surface area contributed by atoms with Crippen LogP contribution in [0, 0.1) is 6.92 Å². The lowest BCUT2D eigenvalue weighted by molar-refractivity contribution is 0.351. The second-order valence-electron chi connectivity index (χ2n) is 3.90. The summed E-state index contributed by atoms with van der Waals surface area (Å²) in [5.41, 5.74) is 3.58. The van der Waals surface area contributed by atoms with Crippen molar-refractivity contribution in [3.63, 3.8) is 0 Å². The number of benzene rings is 1. The summed E-state index contributed by atoms with van der Waals surface area (Å²) >= 11 is 11.3. The van der Waals surface area contributed by atoms with Crippen LogP contribution >= 0.6 is 23.2 Å². The van der Waals surface area contributed by atoms with Crippen LogP contribution in [0.3, 0.4) is 0 Å². The van der Waals surface area contributed by atoms with Gasteiger partial charge >= 0.3 is 0 Å². The van der Waals surface area contributed by atoms with Gasteiger partial charge in [-0.3, -0.25) is 0 Å². The zero-order chi connectivity index (χ0) is 12.8. The molecule has 2 nitrogen and oxygen atoms in total. The fourth-order valence-corrected chi connectivity index (χ4v) is 1.58. The number of nitrogens with one attached hydrogen (secondary N) is 1. The van der Waals surface area contributed by atoms with Crippen LogP contribution in [0.25, 0.3) is 0 Å². The Morgan fingerprint density at radius 3 is 2.82 bits per heavy atom. The monoisotopic (exact) mass is 273 g/mol. The maximum Gasteiger partial charge on any atom is 0.125 e. The summed E-state index contributed by atoms with van der Waals surface area (Å²) in [6.45, 7) is 4.40. The van der Waals surface area contributed by atoms with Gasteiger partial charge in [-0.1, -0.05) is 35.3 Å². The first-order valence-electron chi connectivity index (χ1n) is 5.43. The molecule has 1 aromatic carbocycles. The molecule has 1 N–H and O–H groups in total. The van der Waals surface area contributed by atoms with E-state index in [1.807, 2.05) is 20.0 Å². The fraction of sp³-hybridized carbons (Fsp3) is 0.385. The molecule has 4 heteroatoms. The summed E-state index contributed by atoms with van der Waals surface area (Å²) < 4.78 is 5.67. The van der Waals surface area contributed by atoms with E-state index in [9.17, 15) is 0 Å². The Hall–Kier alpha value is -0.700. The van der Waals surface area contributed by atoms with E-state index in [-0.39, 0.29) is 12.6 Å². The number of ether oxygens (including phenoxy) is 1. The number of hydrogen-bond acceptors (Lipinski definition) is 2. The minimum Gasteiger partial charge on any atom is -0.488 e. The molecule has 17 heavy (non-hydrogen) atoms. The second kappa shape index (κ2) is 6.90. The normalized spacial score (nSPS) is 13.6. The van der Waals surface area contributed by atoms with Gasteiger partial charge in [-0.05, 0) is 32.5 Å². The SMILES string of the molecule is CNC(C)c1ccc(C)cc1OCC(Cl)=CCl. The molecular formula is C13H17Cl2NO. The average Bonchev–Trinajstić information content (AvgIpc) is 2.35. The van der Waals surface area contributed by atoms with Crippen LogP contribution in [0.15, 0.2) is 28.8 Å². The molecule has 0 bridgehead atoms. The first-order valence-corrected chi connectivity index (χ1v) is 6.25. The lowest BCUT2D eigenvalue weighted by Gasteiger charge is -2.17. The number of hydrogen-bond donors (Lipinski definition) is 1. The number of rotatable bonds is 5. The van der Waals surface area contributed by atoms with E-state index in [2.05, 4.69) is 24.4 Å². The maximum absolute atomic E-state index is 5.81. The molecule has 0 radical (unpaired) electrons. The quantitative estimate of drug-likeness (QED) is 0.877. The van der Waals surface area contributed by atoms with Crippen molar-refractivity contribution in [3.05, 3.63) is 39.9 Å². The van der Waals surface area contributed by atoms with Crippen LogP contribution in [-0.4, -0.2) is 13.7 Å². The highest BCUT2D eigenvalue weighted by molar-refractivity contribution is 6.36. The first-order chi connectivity index (χ1) is 8.08. The molecule has 0 aliphatic heterocycles. The molecule has 1 aromatic rings. The molecule has 0 saturated heterocycles. The molecule has 0 fully saturated rings. The van der Waals surface area contributed by atoms with Gasteiger partial charge in [-0.15, -0.1) is 0 Å². The molecule has 1 atom stereocenters. The van der Waals surface area contributed by atoms with Crippen LogP contribution in [0.2, 0.25) is 0 Å². The molecule has 0 spiro atoms. The van der Waals surface area contributed by atoms with Crippen molar-refractivity contribution in [3.8, 4) is 5.75 Å². The minimum atomic E-state index is 0.226. The van der Waals surface area contributed by atoms with Gasteiger partial charge in [-0.25, -0.2) is 0 Å². The first kappa shape index (κ1) is 14.4. The topological polar surface area (TPSA) is 21.3 Å². The third-order valence-corrected chi connectivity index (χ3v) is 3.15. The zero-order valence-corrected chi connectivity index (χ0v) is 11.8. The molecule has 1 rings (SSSR count). The maximum atomic E-state index is 5.81. The molecule has 1 unspecified atom stereocenters. The number of halogens is 2. The van der Waals surface area contributed by atoms with E-state index in [1.54, 1.807) is 0 Å². The van der Waals surface area contributed by atoms with Crippen LogP contribution in [0.4, 0.5) is 0 Å². The van der Waals surface area contributed by atoms with E-state index in [0.29, 0.717) is 5.03 Å². The van der Waals surface area contributed by atoms with Crippen molar-refractivity contribution in [1.29, 1.82) is 0 Å². The Morgan fingerprint density at radius 2 is 2.24 bits per heavy atom. The van der Waals surface area contributed by atoms with Crippen molar-refractivity contribution in [1.82, 2.24) is 5.32 Å². The van der Waals surface area contributed by atoms with E-state index >= 15 is 0 Å². The highest BCUT2D eigenvalue weighted by Gasteiger charge is 2.10. The number of aryl methyl sites for hydroxylation is 1.